The maximum absolute atomic E-state index is 9.90. The summed E-state index contributed by atoms with van der Waals surface area (Å²) in [5, 5.41) is 9.90. The summed E-state index contributed by atoms with van der Waals surface area (Å²) in [4.78, 5) is 0. The molecule has 0 spiro atoms. The molecular weight excluding hydrogens is 258 g/mol. The molecule has 0 aromatic heterocycles. The number of rotatable bonds is 3. The van der Waals surface area contributed by atoms with E-state index in [4.69, 9.17) is 5.73 Å². The van der Waals surface area contributed by atoms with Crippen molar-refractivity contribution in [1.82, 2.24) is 0 Å². The van der Waals surface area contributed by atoms with Crippen LogP contribution in [0.25, 0.3) is 0 Å². The van der Waals surface area contributed by atoms with E-state index in [-0.39, 0.29) is 5.41 Å². The molecule has 0 aliphatic heterocycles. The Hall–Kier alpha value is -1.80. The quantitative estimate of drug-likeness (QED) is 0.900. The monoisotopic (exact) mass is 279 g/mol. The molecular formula is C19H21NO. The lowest BCUT2D eigenvalue weighted by Gasteiger charge is -2.49. The highest BCUT2D eigenvalue weighted by Gasteiger charge is 2.47. The summed E-state index contributed by atoms with van der Waals surface area (Å²) in [6.07, 6.45) is 4.52. The van der Waals surface area contributed by atoms with Crippen LogP contribution in [0.1, 0.15) is 53.9 Å². The predicted octanol–water partition coefficient (Wildman–Crippen LogP) is 3.66. The second kappa shape index (κ2) is 4.60. The molecule has 3 aliphatic carbocycles. The molecule has 21 heavy (non-hydrogen) atoms. The third-order valence-corrected chi connectivity index (χ3v) is 5.45. The van der Waals surface area contributed by atoms with Crippen LogP contribution in [0.4, 0.5) is 0 Å². The Labute approximate surface area is 125 Å². The zero-order valence-corrected chi connectivity index (χ0v) is 12.2. The summed E-state index contributed by atoms with van der Waals surface area (Å²) in [5.74, 6) is 0.829. The van der Waals surface area contributed by atoms with Crippen molar-refractivity contribution in [1.29, 1.82) is 0 Å². The molecule has 108 valence electrons. The molecule has 2 bridgehead atoms. The SMILES string of the molecule is NCCCC12CCC(c3ccccc31)c1cc(O)ccc12. The number of fused-ring (bicyclic) bond motifs is 1. The fourth-order valence-electron chi connectivity index (χ4n) is 4.59. The molecule has 2 aromatic carbocycles. The fourth-order valence-corrected chi connectivity index (χ4v) is 4.59. The summed E-state index contributed by atoms with van der Waals surface area (Å²) >= 11 is 0. The van der Waals surface area contributed by atoms with E-state index in [1.807, 2.05) is 12.1 Å². The maximum Gasteiger partial charge on any atom is 0.115 e. The van der Waals surface area contributed by atoms with Crippen molar-refractivity contribution < 1.29 is 5.11 Å². The van der Waals surface area contributed by atoms with Crippen molar-refractivity contribution in [3.8, 4) is 5.75 Å². The van der Waals surface area contributed by atoms with Crippen molar-refractivity contribution in [2.24, 2.45) is 5.73 Å². The number of phenolic OH excluding ortho intramolecular Hbond substituents is 1. The van der Waals surface area contributed by atoms with Crippen molar-refractivity contribution >= 4 is 0 Å². The Morgan fingerprint density at radius 1 is 1.10 bits per heavy atom. The normalized spacial score (nSPS) is 25.5. The third kappa shape index (κ3) is 1.69. The zero-order chi connectivity index (χ0) is 14.4. The van der Waals surface area contributed by atoms with Gasteiger partial charge in [-0.05, 0) is 66.6 Å². The molecule has 0 amide bonds. The molecule has 3 N–H and O–H groups in total. The zero-order valence-electron chi connectivity index (χ0n) is 12.2. The molecule has 2 aromatic rings. The molecule has 0 fully saturated rings. The van der Waals surface area contributed by atoms with Crippen LogP contribution < -0.4 is 5.73 Å². The van der Waals surface area contributed by atoms with E-state index >= 15 is 0 Å². The van der Waals surface area contributed by atoms with Gasteiger partial charge in [-0.3, -0.25) is 0 Å². The summed E-state index contributed by atoms with van der Waals surface area (Å²) in [6.45, 7) is 0.737. The number of hydrogen-bond acceptors (Lipinski definition) is 2. The van der Waals surface area contributed by atoms with Crippen LogP contribution in [0.2, 0.25) is 0 Å². The summed E-state index contributed by atoms with van der Waals surface area (Å²) in [7, 11) is 0. The van der Waals surface area contributed by atoms with Crippen LogP contribution in [0.15, 0.2) is 42.5 Å². The smallest absolute Gasteiger partial charge is 0.115 e. The Bertz CT molecular complexity index is 694. The lowest BCUT2D eigenvalue weighted by Crippen LogP contribution is -2.40. The van der Waals surface area contributed by atoms with E-state index in [1.165, 1.54) is 35.1 Å². The average Bonchev–Trinajstić information content (AvgIpc) is 2.53. The van der Waals surface area contributed by atoms with E-state index in [9.17, 15) is 5.11 Å². The van der Waals surface area contributed by atoms with Gasteiger partial charge in [0.1, 0.15) is 5.75 Å². The standard InChI is InChI=1S/C19H21NO/c20-11-3-9-19-10-8-14(15-4-1-2-5-17(15)19)16-12-13(21)6-7-18(16)19/h1-2,4-7,12,14,21H,3,8-11,20H2. The molecule has 2 nitrogen and oxygen atoms in total. The Morgan fingerprint density at radius 2 is 1.90 bits per heavy atom. The van der Waals surface area contributed by atoms with Crippen LogP contribution in [0, 0.1) is 0 Å². The molecule has 2 heteroatoms. The Morgan fingerprint density at radius 3 is 2.76 bits per heavy atom. The number of hydrogen-bond donors (Lipinski definition) is 2. The van der Waals surface area contributed by atoms with Gasteiger partial charge in [-0.15, -0.1) is 0 Å². The number of nitrogens with two attached hydrogens (primary N) is 1. The minimum atomic E-state index is 0.105. The van der Waals surface area contributed by atoms with E-state index in [2.05, 4.69) is 30.3 Å². The summed E-state index contributed by atoms with van der Waals surface area (Å²) in [5.41, 5.74) is 11.6. The minimum Gasteiger partial charge on any atom is -0.508 e. The Kier molecular flexibility index (Phi) is 2.83. The van der Waals surface area contributed by atoms with Gasteiger partial charge in [0.25, 0.3) is 0 Å². The minimum absolute atomic E-state index is 0.105. The second-order valence-corrected chi connectivity index (χ2v) is 6.42. The summed E-state index contributed by atoms with van der Waals surface area (Å²) in [6, 6.07) is 14.8. The first-order valence-corrected chi connectivity index (χ1v) is 7.89. The highest BCUT2D eigenvalue weighted by Crippen LogP contribution is 2.58. The lowest BCUT2D eigenvalue weighted by molar-refractivity contribution is 0.343. The van der Waals surface area contributed by atoms with Crippen LogP contribution in [-0.2, 0) is 5.41 Å². The van der Waals surface area contributed by atoms with Gasteiger partial charge < -0.3 is 10.8 Å². The van der Waals surface area contributed by atoms with E-state index < -0.39 is 0 Å². The number of aromatic hydroxyl groups is 1. The molecule has 0 saturated carbocycles. The average molecular weight is 279 g/mol. The number of benzene rings is 2. The maximum atomic E-state index is 9.90. The van der Waals surface area contributed by atoms with Gasteiger partial charge in [0.2, 0.25) is 0 Å². The first-order chi connectivity index (χ1) is 10.3. The highest BCUT2D eigenvalue weighted by molar-refractivity contribution is 5.60. The molecule has 0 radical (unpaired) electrons. The lowest BCUT2D eigenvalue weighted by atomic mass is 9.54. The Balaban J connectivity index is 1.97. The van der Waals surface area contributed by atoms with Crippen molar-refractivity contribution in [3.63, 3.8) is 0 Å². The van der Waals surface area contributed by atoms with Crippen LogP contribution >= 0.6 is 0 Å². The van der Waals surface area contributed by atoms with Crippen LogP contribution in [-0.4, -0.2) is 11.7 Å². The molecule has 5 rings (SSSR count). The van der Waals surface area contributed by atoms with Crippen molar-refractivity contribution in [3.05, 3.63) is 64.7 Å². The van der Waals surface area contributed by atoms with E-state index in [0.717, 1.165) is 19.4 Å². The van der Waals surface area contributed by atoms with Gasteiger partial charge >= 0.3 is 0 Å². The first-order valence-electron chi connectivity index (χ1n) is 7.89. The highest BCUT2D eigenvalue weighted by atomic mass is 16.3. The van der Waals surface area contributed by atoms with Gasteiger partial charge in [0.05, 0.1) is 0 Å². The number of phenols is 1. The molecule has 0 heterocycles. The molecule has 2 unspecified atom stereocenters. The molecule has 2 atom stereocenters. The predicted molar refractivity (Wildman–Crippen MR) is 84.7 cm³/mol. The van der Waals surface area contributed by atoms with Gasteiger partial charge in [0, 0.05) is 11.3 Å². The topological polar surface area (TPSA) is 46.2 Å². The summed E-state index contributed by atoms with van der Waals surface area (Å²) < 4.78 is 0. The largest absolute Gasteiger partial charge is 0.508 e. The molecule has 3 aliphatic rings. The van der Waals surface area contributed by atoms with Crippen molar-refractivity contribution in [2.75, 3.05) is 6.54 Å². The first kappa shape index (κ1) is 12.9. The van der Waals surface area contributed by atoms with E-state index in [0.29, 0.717) is 11.7 Å². The molecule has 0 saturated heterocycles. The van der Waals surface area contributed by atoms with Gasteiger partial charge in [-0.1, -0.05) is 30.3 Å². The van der Waals surface area contributed by atoms with Gasteiger partial charge in [-0.2, -0.15) is 0 Å². The fraction of sp³-hybridized carbons (Fsp3) is 0.368. The second-order valence-electron chi connectivity index (χ2n) is 6.42. The third-order valence-electron chi connectivity index (χ3n) is 5.45. The van der Waals surface area contributed by atoms with Gasteiger partial charge in [-0.25, -0.2) is 0 Å². The van der Waals surface area contributed by atoms with Crippen LogP contribution in [0.3, 0.4) is 0 Å². The van der Waals surface area contributed by atoms with E-state index in [1.54, 1.807) is 0 Å². The van der Waals surface area contributed by atoms with Crippen LogP contribution in [0.5, 0.6) is 5.75 Å². The van der Waals surface area contributed by atoms with Crippen molar-refractivity contribution in [2.45, 2.75) is 37.0 Å². The van der Waals surface area contributed by atoms with Gasteiger partial charge in [0.15, 0.2) is 0 Å².